The van der Waals surface area contributed by atoms with Crippen molar-refractivity contribution < 1.29 is 9.53 Å². The molecular formula is C17H22N4O2. The summed E-state index contributed by atoms with van der Waals surface area (Å²) in [6.45, 7) is 5.16. The summed E-state index contributed by atoms with van der Waals surface area (Å²) >= 11 is 0. The fourth-order valence-corrected chi connectivity index (χ4v) is 2.14. The van der Waals surface area contributed by atoms with Gasteiger partial charge in [0.25, 0.3) is 5.91 Å². The largest absolute Gasteiger partial charge is 0.383 e. The second kappa shape index (κ2) is 8.24. The molecule has 2 N–H and O–H groups in total. The molecule has 0 spiro atoms. The first kappa shape index (κ1) is 16.9. The van der Waals surface area contributed by atoms with Gasteiger partial charge >= 0.3 is 0 Å². The van der Waals surface area contributed by atoms with Crippen molar-refractivity contribution in [2.45, 2.75) is 19.8 Å². The molecule has 0 aliphatic carbocycles. The van der Waals surface area contributed by atoms with Crippen LogP contribution in [0.25, 0.3) is 0 Å². The molecule has 23 heavy (non-hydrogen) atoms. The first-order valence-electron chi connectivity index (χ1n) is 7.58. The van der Waals surface area contributed by atoms with Crippen LogP contribution in [-0.2, 0) is 4.74 Å². The van der Waals surface area contributed by atoms with Crippen molar-refractivity contribution in [3.05, 3.63) is 47.8 Å². The van der Waals surface area contributed by atoms with Gasteiger partial charge in [-0.2, -0.15) is 0 Å². The van der Waals surface area contributed by atoms with Gasteiger partial charge in [0.2, 0.25) is 5.95 Å². The number of carbonyl (C=O) groups is 1. The molecule has 0 atom stereocenters. The number of amides is 1. The van der Waals surface area contributed by atoms with Gasteiger partial charge in [0.05, 0.1) is 6.61 Å². The van der Waals surface area contributed by atoms with Crippen LogP contribution >= 0.6 is 0 Å². The number of carbonyl (C=O) groups excluding carboxylic acids is 1. The molecule has 0 unspecified atom stereocenters. The lowest BCUT2D eigenvalue weighted by Gasteiger charge is -2.13. The SMILES string of the molecule is COCCNC(=O)c1ccnc(Nc2ccccc2C(C)C)n1. The minimum absolute atomic E-state index is 0.246. The van der Waals surface area contributed by atoms with E-state index < -0.39 is 0 Å². The number of nitrogens with zero attached hydrogens (tertiary/aromatic N) is 2. The predicted octanol–water partition coefficient (Wildman–Crippen LogP) is 2.72. The first-order chi connectivity index (χ1) is 11.1. The molecule has 1 aromatic heterocycles. The quantitative estimate of drug-likeness (QED) is 0.769. The van der Waals surface area contributed by atoms with Gasteiger partial charge in [-0.05, 0) is 23.6 Å². The molecule has 0 bridgehead atoms. The number of hydrogen-bond donors (Lipinski definition) is 2. The van der Waals surface area contributed by atoms with E-state index in [2.05, 4.69) is 40.5 Å². The fraction of sp³-hybridized carbons (Fsp3) is 0.353. The van der Waals surface area contributed by atoms with Gasteiger partial charge in [0.1, 0.15) is 5.69 Å². The number of methoxy groups -OCH3 is 1. The average Bonchev–Trinajstić information content (AvgIpc) is 2.55. The Morgan fingerprint density at radius 2 is 2.04 bits per heavy atom. The van der Waals surface area contributed by atoms with Crippen LogP contribution in [0.1, 0.15) is 35.8 Å². The second-order valence-electron chi connectivity index (χ2n) is 5.38. The molecule has 0 radical (unpaired) electrons. The van der Waals surface area contributed by atoms with E-state index in [1.54, 1.807) is 19.4 Å². The summed E-state index contributed by atoms with van der Waals surface area (Å²) in [7, 11) is 1.59. The number of ether oxygens (including phenoxy) is 1. The van der Waals surface area contributed by atoms with Gasteiger partial charge in [0, 0.05) is 25.5 Å². The highest BCUT2D eigenvalue weighted by Gasteiger charge is 2.10. The van der Waals surface area contributed by atoms with E-state index in [1.165, 1.54) is 5.56 Å². The summed E-state index contributed by atoms with van der Waals surface area (Å²) in [4.78, 5) is 20.5. The van der Waals surface area contributed by atoms with E-state index in [9.17, 15) is 4.79 Å². The summed E-state index contributed by atoms with van der Waals surface area (Å²) in [5.74, 6) is 0.529. The topological polar surface area (TPSA) is 76.1 Å². The zero-order valence-electron chi connectivity index (χ0n) is 13.7. The number of hydrogen-bond acceptors (Lipinski definition) is 5. The third kappa shape index (κ3) is 4.75. The third-order valence-electron chi connectivity index (χ3n) is 3.31. The van der Waals surface area contributed by atoms with Crippen molar-refractivity contribution in [2.24, 2.45) is 0 Å². The molecule has 6 nitrogen and oxygen atoms in total. The lowest BCUT2D eigenvalue weighted by atomic mass is 10.0. The summed E-state index contributed by atoms with van der Waals surface area (Å²) in [5, 5.41) is 5.93. The molecule has 1 aromatic carbocycles. The molecule has 1 amide bonds. The van der Waals surface area contributed by atoms with E-state index >= 15 is 0 Å². The fourth-order valence-electron chi connectivity index (χ4n) is 2.14. The van der Waals surface area contributed by atoms with Crippen LogP contribution in [-0.4, -0.2) is 36.1 Å². The highest BCUT2D eigenvalue weighted by Crippen LogP contribution is 2.25. The summed E-state index contributed by atoms with van der Waals surface area (Å²) in [6, 6.07) is 9.58. The van der Waals surface area contributed by atoms with Crippen LogP contribution < -0.4 is 10.6 Å². The van der Waals surface area contributed by atoms with Crippen molar-refractivity contribution >= 4 is 17.5 Å². The maximum atomic E-state index is 12.0. The summed E-state index contributed by atoms with van der Waals surface area (Å²) in [5.41, 5.74) is 2.44. The Morgan fingerprint density at radius 1 is 1.26 bits per heavy atom. The van der Waals surface area contributed by atoms with Crippen LogP contribution in [0.3, 0.4) is 0 Å². The number of aromatic nitrogens is 2. The van der Waals surface area contributed by atoms with Crippen molar-refractivity contribution in [1.29, 1.82) is 0 Å². The maximum absolute atomic E-state index is 12.0. The van der Waals surface area contributed by atoms with Crippen molar-refractivity contribution in [2.75, 3.05) is 25.6 Å². The Labute approximate surface area is 136 Å². The minimum Gasteiger partial charge on any atom is -0.383 e. The average molecular weight is 314 g/mol. The van der Waals surface area contributed by atoms with E-state index in [0.29, 0.717) is 30.7 Å². The van der Waals surface area contributed by atoms with Gasteiger partial charge in [-0.25, -0.2) is 9.97 Å². The van der Waals surface area contributed by atoms with Crippen LogP contribution in [0.2, 0.25) is 0 Å². The van der Waals surface area contributed by atoms with Gasteiger partial charge in [0.15, 0.2) is 0 Å². The first-order valence-corrected chi connectivity index (χ1v) is 7.58. The van der Waals surface area contributed by atoms with Gasteiger partial charge < -0.3 is 15.4 Å². The Kier molecular flexibility index (Phi) is 6.05. The number of rotatable bonds is 7. The lowest BCUT2D eigenvalue weighted by molar-refractivity contribution is 0.0932. The molecule has 0 aliphatic rings. The van der Waals surface area contributed by atoms with Crippen LogP contribution in [0, 0.1) is 0 Å². The zero-order chi connectivity index (χ0) is 16.7. The van der Waals surface area contributed by atoms with Crippen LogP contribution in [0.4, 0.5) is 11.6 Å². The molecule has 0 saturated carbocycles. The molecule has 6 heteroatoms. The van der Waals surface area contributed by atoms with Gasteiger partial charge in [-0.15, -0.1) is 0 Å². The van der Waals surface area contributed by atoms with E-state index in [0.717, 1.165) is 5.69 Å². The van der Waals surface area contributed by atoms with Gasteiger partial charge in [-0.1, -0.05) is 32.0 Å². The molecule has 122 valence electrons. The van der Waals surface area contributed by atoms with Crippen LogP contribution in [0.5, 0.6) is 0 Å². The van der Waals surface area contributed by atoms with E-state index in [-0.39, 0.29) is 5.91 Å². The monoisotopic (exact) mass is 314 g/mol. The highest BCUT2D eigenvalue weighted by atomic mass is 16.5. The Hall–Kier alpha value is -2.47. The predicted molar refractivity (Wildman–Crippen MR) is 90.1 cm³/mol. The smallest absolute Gasteiger partial charge is 0.270 e. The molecule has 2 aromatic rings. The number of anilines is 2. The Balaban J connectivity index is 2.13. The Morgan fingerprint density at radius 3 is 2.78 bits per heavy atom. The molecule has 0 saturated heterocycles. The normalized spacial score (nSPS) is 10.6. The van der Waals surface area contributed by atoms with Crippen LogP contribution in [0.15, 0.2) is 36.5 Å². The Bertz CT molecular complexity index is 659. The molecule has 1 heterocycles. The highest BCUT2D eigenvalue weighted by molar-refractivity contribution is 5.92. The van der Waals surface area contributed by atoms with Gasteiger partial charge in [-0.3, -0.25) is 4.79 Å². The number of nitrogens with one attached hydrogen (secondary N) is 2. The number of benzene rings is 1. The summed E-state index contributed by atoms with van der Waals surface area (Å²) < 4.78 is 4.91. The van der Waals surface area contributed by atoms with E-state index in [1.807, 2.05) is 18.2 Å². The number of para-hydroxylation sites is 1. The molecule has 0 aliphatic heterocycles. The standard InChI is InChI=1S/C17H22N4O2/c1-12(2)13-6-4-5-7-14(13)20-17-19-9-8-15(21-17)16(22)18-10-11-23-3/h4-9,12H,10-11H2,1-3H3,(H,18,22)(H,19,20,21). The van der Waals surface area contributed by atoms with Crippen molar-refractivity contribution in [3.8, 4) is 0 Å². The minimum atomic E-state index is -0.246. The summed E-state index contributed by atoms with van der Waals surface area (Å²) in [6.07, 6.45) is 1.57. The zero-order valence-corrected chi connectivity index (χ0v) is 13.7. The maximum Gasteiger partial charge on any atom is 0.270 e. The lowest BCUT2D eigenvalue weighted by Crippen LogP contribution is -2.27. The van der Waals surface area contributed by atoms with Crippen molar-refractivity contribution in [3.63, 3.8) is 0 Å². The van der Waals surface area contributed by atoms with Crippen molar-refractivity contribution in [1.82, 2.24) is 15.3 Å². The molecule has 0 fully saturated rings. The second-order valence-corrected chi connectivity index (χ2v) is 5.38. The molecule has 2 rings (SSSR count). The third-order valence-corrected chi connectivity index (χ3v) is 3.31. The van der Waals surface area contributed by atoms with E-state index in [4.69, 9.17) is 4.74 Å². The molecular weight excluding hydrogens is 292 g/mol.